The van der Waals surface area contributed by atoms with Crippen LogP contribution in [0.5, 0.6) is 5.75 Å². The summed E-state index contributed by atoms with van der Waals surface area (Å²) in [7, 11) is 0. The van der Waals surface area contributed by atoms with Gasteiger partial charge in [0, 0.05) is 31.5 Å². The third-order valence-electron chi connectivity index (χ3n) is 6.49. The largest absolute Gasteiger partial charge is 0.489 e. The second-order valence-electron chi connectivity index (χ2n) is 8.71. The van der Waals surface area contributed by atoms with Crippen LogP contribution in [-0.4, -0.2) is 54.0 Å². The Balaban J connectivity index is 1.25. The SMILES string of the molecule is O=C1CCC(N2Cc3cc(O[C@@H]4CCOC[C@@H]4NCc4ccccc4)ccc3C2=O)C(=O)N1. The molecule has 3 atom stereocenters. The molecule has 0 bridgehead atoms. The molecule has 3 amide bonds. The van der Waals surface area contributed by atoms with Crippen LogP contribution in [0.1, 0.15) is 40.7 Å². The molecule has 3 aliphatic heterocycles. The molecule has 0 radical (unpaired) electrons. The van der Waals surface area contributed by atoms with Gasteiger partial charge in [0.2, 0.25) is 11.8 Å². The van der Waals surface area contributed by atoms with E-state index in [2.05, 4.69) is 22.8 Å². The zero-order valence-corrected chi connectivity index (χ0v) is 18.3. The number of rotatable bonds is 6. The summed E-state index contributed by atoms with van der Waals surface area (Å²) in [6.45, 7) is 2.28. The molecule has 8 nitrogen and oxygen atoms in total. The van der Waals surface area contributed by atoms with Crippen LogP contribution in [0.25, 0.3) is 0 Å². The molecule has 3 aliphatic rings. The quantitative estimate of drug-likeness (QED) is 0.653. The highest BCUT2D eigenvalue weighted by Gasteiger charge is 2.39. The number of carbonyl (C=O) groups excluding carboxylic acids is 3. The molecule has 1 unspecified atom stereocenters. The lowest BCUT2D eigenvalue weighted by atomic mass is 10.0. The summed E-state index contributed by atoms with van der Waals surface area (Å²) in [4.78, 5) is 38.1. The average Bonchev–Trinajstić information content (AvgIpc) is 3.14. The van der Waals surface area contributed by atoms with Crippen LogP contribution in [0.4, 0.5) is 0 Å². The lowest BCUT2D eigenvalue weighted by molar-refractivity contribution is -0.136. The van der Waals surface area contributed by atoms with E-state index in [1.807, 2.05) is 30.3 Å². The first-order chi connectivity index (χ1) is 16.1. The topological polar surface area (TPSA) is 97.0 Å². The van der Waals surface area contributed by atoms with Crippen LogP contribution in [0.2, 0.25) is 0 Å². The minimum atomic E-state index is -0.617. The Hall–Kier alpha value is -3.23. The maximum atomic E-state index is 12.9. The molecule has 2 fully saturated rings. The van der Waals surface area contributed by atoms with Crippen molar-refractivity contribution in [3.8, 4) is 5.75 Å². The fourth-order valence-corrected chi connectivity index (χ4v) is 4.69. The Morgan fingerprint density at radius 2 is 1.94 bits per heavy atom. The van der Waals surface area contributed by atoms with E-state index < -0.39 is 11.9 Å². The molecule has 0 aliphatic carbocycles. The minimum absolute atomic E-state index is 0.0498. The van der Waals surface area contributed by atoms with Gasteiger partial charge >= 0.3 is 0 Å². The van der Waals surface area contributed by atoms with Crippen LogP contribution in [0.15, 0.2) is 48.5 Å². The van der Waals surface area contributed by atoms with Gasteiger partial charge < -0.3 is 19.7 Å². The van der Waals surface area contributed by atoms with Gasteiger partial charge in [0.25, 0.3) is 5.91 Å². The number of imide groups is 1. The summed E-state index contributed by atoms with van der Waals surface area (Å²) >= 11 is 0. The second kappa shape index (κ2) is 9.33. The fourth-order valence-electron chi connectivity index (χ4n) is 4.69. The van der Waals surface area contributed by atoms with E-state index in [1.165, 1.54) is 5.56 Å². The van der Waals surface area contributed by atoms with E-state index >= 15 is 0 Å². The van der Waals surface area contributed by atoms with Gasteiger partial charge in [0.1, 0.15) is 17.9 Å². The van der Waals surface area contributed by atoms with Crippen molar-refractivity contribution in [3.05, 3.63) is 65.2 Å². The van der Waals surface area contributed by atoms with Gasteiger partial charge in [-0.25, -0.2) is 0 Å². The van der Waals surface area contributed by atoms with Gasteiger partial charge in [-0.1, -0.05) is 30.3 Å². The van der Waals surface area contributed by atoms with E-state index in [4.69, 9.17) is 9.47 Å². The van der Waals surface area contributed by atoms with Crippen LogP contribution in [0, 0.1) is 0 Å². The van der Waals surface area contributed by atoms with Crippen LogP contribution < -0.4 is 15.4 Å². The van der Waals surface area contributed by atoms with Crippen molar-refractivity contribution in [3.63, 3.8) is 0 Å². The molecular formula is C25H27N3O5. The summed E-state index contributed by atoms with van der Waals surface area (Å²) in [6, 6.07) is 15.1. The van der Waals surface area contributed by atoms with Crippen molar-refractivity contribution in [2.24, 2.45) is 0 Å². The molecule has 2 saturated heterocycles. The molecule has 2 aromatic rings. The molecule has 2 N–H and O–H groups in total. The van der Waals surface area contributed by atoms with Gasteiger partial charge in [-0.3, -0.25) is 19.7 Å². The van der Waals surface area contributed by atoms with Crippen LogP contribution in [-0.2, 0) is 27.4 Å². The minimum Gasteiger partial charge on any atom is -0.489 e. The smallest absolute Gasteiger partial charge is 0.255 e. The van der Waals surface area contributed by atoms with E-state index in [0.717, 1.165) is 18.5 Å². The van der Waals surface area contributed by atoms with Gasteiger partial charge in [0.15, 0.2) is 0 Å². The van der Waals surface area contributed by atoms with Crippen molar-refractivity contribution in [2.75, 3.05) is 13.2 Å². The monoisotopic (exact) mass is 449 g/mol. The maximum Gasteiger partial charge on any atom is 0.255 e. The number of benzene rings is 2. The van der Waals surface area contributed by atoms with Crippen LogP contribution in [0.3, 0.4) is 0 Å². The summed E-state index contributed by atoms with van der Waals surface area (Å²) in [6.07, 6.45) is 1.31. The van der Waals surface area contributed by atoms with Crippen LogP contribution >= 0.6 is 0 Å². The van der Waals surface area contributed by atoms with Crippen molar-refractivity contribution < 1.29 is 23.9 Å². The van der Waals surface area contributed by atoms with Crippen molar-refractivity contribution in [1.29, 1.82) is 0 Å². The van der Waals surface area contributed by atoms with Crippen molar-refractivity contribution >= 4 is 17.7 Å². The summed E-state index contributed by atoms with van der Waals surface area (Å²) < 4.78 is 12.0. The number of hydrogen-bond acceptors (Lipinski definition) is 6. The molecule has 0 saturated carbocycles. The molecular weight excluding hydrogens is 422 g/mol. The highest BCUT2D eigenvalue weighted by molar-refractivity contribution is 6.05. The summed E-state index contributed by atoms with van der Waals surface area (Å²) in [5.74, 6) is -0.175. The molecule has 33 heavy (non-hydrogen) atoms. The maximum absolute atomic E-state index is 12.9. The van der Waals surface area contributed by atoms with Crippen molar-refractivity contribution in [2.45, 2.75) is 50.5 Å². The second-order valence-corrected chi connectivity index (χ2v) is 8.71. The molecule has 0 spiro atoms. The van der Waals surface area contributed by atoms with E-state index in [1.54, 1.807) is 11.0 Å². The number of carbonyl (C=O) groups is 3. The number of piperidine rings is 1. The molecule has 5 rings (SSSR count). The zero-order chi connectivity index (χ0) is 22.8. The number of amides is 3. The standard InChI is InChI=1S/C25H27N3O5/c29-23-9-8-21(24(30)27-23)28-14-17-12-18(6-7-19(17)25(28)31)33-22-10-11-32-15-20(22)26-13-16-4-2-1-3-5-16/h1-7,12,20-22,26H,8-11,13-15H2,(H,27,29,30)/t20-,21?,22+/m0/s1. The average molecular weight is 450 g/mol. The number of fused-ring (bicyclic) bond motifs is 1. The third-order valence-corrected chi connectivity index (χ3v) is 6.49. The zero-order valence-electron chi connectivity index (χ0n) is 18.3. The Bertz CT molecular complexity index is 1060. The Morgan fingerprint density at radius 3 is 2.76 bits per heavy atom. The predicted octanol–water partition coefficient (Wildman–Crippen LogP) is 1.77. The predicted molar refractivity (Wildman–Crippen MR) is 119 cm³/mol. The molecule has 0 aromatic heterocycles. The number of nitrogens with one attached hydrogen (secondary N) is 2. The van der Waals surface area contributed by atoms with E-state index in [-0.39, 0.29) is 30.4 Å². The highest BCUT2D eigenvalue weighted by Crippen LogP contribution is 2.31. The summed E-state index contributed by atoms with van der Waals surface area (Å²) in [5.41, 5.74) is 2.62. The first-order valence-electron chi connectivity index (χ1n) is 11.4. The normalized spacial score (nSPS) is 25.0. The van der Waals surface area contributed by atoms with Gasteiger partial charge in [-0.05, 0) is 35.7 Å². The van der Waals surface area contributed by atoms with Gasteiger partial charge in [0.05, 0.1) is 19.3 Å². The number of hydrogen-bond donors (Lipinski definition) is 2. The van der Waals surface area contributed by atoms with E-state index in [9.17, 15) is 14.4 Å². The molecule has 3 heterocycles. The Morgan fingerprint density at radius 1 is 1.09 bits per heavy atom. The lowest BCUT2D eigenvalue weighted by Crippen LogP contribution is -2.52. The third kappa shape index (κ3) is 4.62. The Labute approximate surface area is 192 Å². The van der Waals surface area contributed by atoms with Gasteiger partial charge in [-0.15, -0.1) is 0 Å². The lowest BCUT2D eigenvalue weighted by Gasteiger charge is -2.32. The first kappa shape index (κ1) is 21.6. The number of nitrogens with zero attached hydrogens (tertiary/aromatic N) is 1. The molecule has 172 valence electrons. The molecule has 8 heteroatoms. The first-order valence-corrected chi connectivity index (χ1v) is 11.4. The summed E-state index contributed by atoms with van der Waals surface area (Å²) in [5, 5.41) is 5.87. The molecule has 2 aromatic carbocycles. The Kier molecular flexibility index (Phi) is 6.11. The fraction of sp³-hybridized carbons (Fsp3) is 0.400. The van der Waals surface area contributed by atoms with E-state index in [0.29, 0.717) is 37.5 Å². The van der Waals surface area contributed by atoms with Crippen molar-refractivity contribution in [1.82, 2.24) is 15.5 Å². The highest BCUT2D eigenvalue weighted by atomic mass is 16.5. The number of ether oxygens (including phenoxy) is 2. The van der Waals surface area contributed by atoms with Gasteiger partial charge in [-0.2, -0.15) is 0 Å².